The van der Waals surface area contributed by atoms with Crippen LogP contribution in [0.1, 0.15) is 82.6 Å². The molecule has 1 saturated carbocycles. The zero-order valence-electron chi connectivity index (χ0n) is 14.7. The van der Waals surface area contributed by atoms with Gasteiger partial charge in [-0.15, -0.1) is 0 Å². The Morgan fingerprint density at radius 3 is 2.17 bits per heavy atom. The van der Waals surface area contributed by atoms with Crippen molar-refractivity contribution in [3.05, 3.63) is 47.3 Å². The normalized spacial score (nSPS) is 21.5. The maximum atomic E-state index is 13.4. The van der Waals surface area contributed by atoms with Gasteiger partial charge in [0.1, 0.15) is 0 Å². The van der Waals surface area contributed by atoms with Gasteiger partial charge in [0.2, 0.25) is 0 Å². The first-order valence-electron chi connectivity index (χ1n) is 9.41. The molecule has 0 heterocycles. The Kier molecular flexibility index (Phi) is 7.87. The fraction of sp³-hybridized carbons (Fsp3) is 0.619. The van der Waals surface area contributed by atoms with Gasteiger partial charge in [-0.2, -0.15) is 0 Å². The number of rotatable bonds is 8. The summed E-state index contributed by atoms with van der Waals surface area (Å²) in [5, 5.41) is 0. The highest BCUT2D eigenvalue weighted by Crippen LogP contribution is 2.38. The van der Waals surface area contributed by atoms with Crippen molar-refractivity contribution in [1.29, 1.82) is 0 Å². The first-order valence-corrected chi connectivity index (χ1v) is 9.41. The van der Waals surface area contributed by atoms with Crippen molar-refractivity contribution in [2.24, 2.45) is 5.92 Å². The molecule has 0 unspecified atom stereocenters. The number of unbranched alkanes of at least 4 members (excludes halogenated alkanes) is 3. The van der Waals surface area contributed by atoms with Crippen molar-refractivity contribution in [3.8, 4) is 0 Å². The van der Waals surface area contributed by atoms with E-state index in [2.05, 4.69) is 19.1 Å². The van der Waals surface area contributed by atoms with Gasteiger partial charge in [0, 0.05) is 0 Å². The highest BCUT2D eigenvalue weighted by Gasteiger charge is 2.24. The molecule has 134 valence electrons. The summed E-state index contributed by atoms with van der Waals surface area (Å²) in [4.78, 5) is 0. The first kappa shape index (κ1) is 19.1. The number of hydrogen-bond acceptors (Lipinski definition) is 0. The van der Waals surface area contributed by atoms with E-state index >= 15 is 0 Å². The Morgan fingerprint density at radius 2 is 1.54 bits per heavy atom. The van der Waals surface area contributed by atoms with Crippen LogP contribution in [0, 0.1) is 23.4 Å². The zero-order valence-corrected chi connectivity index (χ0v) is 14.7. The molecule has 0 saturated heterocycles. The van der Waals surface area contributed by atoms with E-state index in [0.29, 0.717) is 5.56 Å². The van der Waals surface area contributed by atoms with Crippen LogP contribution in [0.5, 0.6) is 0 Å². The van der Waals surface area contributed by atoms with Crippen molar-refractivity contribution in [2.45, 2.75) is 77.0 Å². The Morgan fingerprint density at radius 1 is 0.917 bits per heavy atom. The molecule has 0 spiro atoms. The molecule has 3 heteroatoms. The van der Waals surface area contributed by atoms with Crippen molar-refractivity contribution in [2.75, 3.05) is 0 Å². The van der Waals surface area contributed by atoms with Crippen LogP contribution in [0.4, 0.5) is 13.2 Å². The minimum atomic E-state index is -1.36. The molecule has 0 aromatic heterocycles. The second-order valence-corrected chi connectivity index (χ2v) is 7.06. The molecule has 1 aromatic rings. The molecule has 0 radical (unpaired) electrons. The standard InChI is InChI=1S/C21H29F3/c1-2-3-4-5-6-7-8-9-16-10-12-17(13-11-16)18-14-19(22)21(24)20(23)15-18/h4-5,14-17H,2-3,6-13H2,1H3. The molecule has 1 aliphatic carbocycles. The molecule has 0 aliphatic heterocycles. The summed E-state index contributed by atoms with van der Waals surface area (Å²) in [5.74, 6) is -2.59. The first-order chi connectivity index (χ1) is 11.6. The second-order valence-electron chi connectivity index (χ2n) is 7.06. The average Bonchev–Trinajstić information content (AvgIpc) is 2.59. The van der Waals surface area contributed by atoms with Gasteiger partial charge in [0.25, 0.3) is 0 Å². The summed E-state index contributed by atoms with van der Waals surface area (Å²) in [6.07, 6.45) is 16.0. The van der Waals surface area contributed by atoms with Gasteiger partial charge in [-0.25, -0.2) is 13.2 Å². The minimum Gasteiger partial charge on any atom is -0.204 e. The molecule has 1 fully saturated rings. The number of halogens is 3. The smallest absolute Gasteiger partial charge is 0.194 e. The summed E-state index contributed by atoms with van der Waals surface area (Å²) in [7, 11) is 0. The van der Waals surface area contributed by atoms with Crippen LogP contribution >= 0.6 is 0 Å². The van der Waals surface area contributed by atoms with Gasteiger partial charge >= 0.3 is 0 Å². The van der Waals surface area contributed by atoms with Crippen LogP contribution in [-0.2, 0) is 0 Å². The van der Waals surface area contributed by atoms with Crippen molar-refractivity contribution in [1.82, 2.24) is 0 Å². The van der Waals surface area contributed by atoms with E-state index < -0.39 is 17.5 Å². The third-order valence-corrected chi connectivity index (χ3v) is 5.18. The van der Waals surface area contributed by atoms with Crippen LogP contribution < -0.4 is 0 Å². The third-order valence-electron chi connectivity index (χ3n) is 5.18. The molecule has 0 amide bonds. The molecule has 1 aliphatic rings. The fourth-order valence-corrected chi connectivity index (χ4v) is 3.69. The summed E-state index contributed by atoms with van der Waals surface area (Å²) in [6.45, 7) is 2.19. The number of hydrogen-bond donors (Lipinski definition) is 0. The Hall–Kier alpha value is -1.25. The monoisotopic (exact) mass is 338 g/mol. The van der Waals surface area contributed by atoms with Crippen LogP contribution in [0.25, 0.3) is 0 Å². The zero-order chi connectivity index (χ0) is 17.4. The van der Waals surface area contributed by atoms with E-state index in [-0.39, 0.29) is 5.92 Å². The third kappa shape index (κ3) is 5.68. The molecular weight excluding hydrogens is 309 g/mol. The SMILES string of the molecule is CCCC=CCCCCC1CCC(c2cc(F)c(F)c(F)c2)CC1. The van der Waals surface area contributed by atoms with Gasteiger partial charge in [-0.3, -0.25) is 0 Å². The molecule has 0 N–H and O–H groups in total. The number of benzene rings is 1. The highest BCUT2D eigenvalue weighted by molar-refractivity contribution is 5.23. The van der Waals surface area contributed by atoms with Crippen LogP contribution in [0.3, 0.4) is 0 Å². The van der Waals surface area contributed by atoms with Gasteiger partial charge in [-0.05, 0) is 74.5 Å². The highest BCUT2D eigenvalue weighted by atomic mass is 19.2. The Balaban J connectivity index is 1.70. The predicted molar refractivity (Wildman–Crippen MR) is 93.5 cm³/mol. The minimum absolute atomic E-state index is 0.169. The quantitative estimate of drug-likeness (QED) is 0.265. The molecule has 1 aromatic carbocycles. The molecule has 2 rings (SSSR count). The van der Waals surface area contributed by atoms with E-state index in [1.165, 1.54) is 50.7 Å². The lowest BCUT2D eigenvalue weighted by Gasteiger charge is -2.29. The average molecular weight is 338 g/mol. The van der Waals surface area contributed by atoms with E-state index in [9.17, 15) is 13.2 Å². The van der Waals surface area contributed by atoms with Gasteiger partial charge in [0.15, 0.2) is 17.5 Å². The lowest BCUT2D eigenvalue weighted by Crippen LogP contribution is -2.14. The maximum absolute atomic E-state index is 13.4. The van der Waals surface area contributed by atoms with Crippen LogP contribution in [-0.4, -0.2) is 0 Å². The van der Waals surface area contributed by atoms with E-state index in [1.807, 2.05) is 0 Å². The van der Waals surface area contributed by atoms with Crippen molar-refractivity contribution in [3.63, 3.8) is 0 Å². The van der Waals surface area contributed by atoms with E-state index in [1.54, 1.807) is 0 Å². The van der Waals surface area contributed by atoms with Crippen LogP contribution in [0.2, 0.25) is 0 Å². The van der Waals surface area contributed by atoms with Gasteiger partial charge in [0.05, 0.1) is 0 Å². The fourth-order valence-electron chi connectivity index (χ4n) is 3.69. The van der Waals surface area contributed by atoms with Crippen molar-refractivity contribution < 1.29 is 13.2 Å². The summed E-state index contributed by atoms with van der Waals surface area (Å²) >= 11 is 0. The lowest BCUT2D eigenvalue weighted by molar-refractivity contribution is 0.302. The van der Waals surface area contributed by atoms with Gasteiger partial charge < -0.3 is 0 Å². The van der Waals surface area contributed by atoms with E-state index in [0.717, 1.165) is 31.6 Å². The maximum Gasteiger partial charge on any atom is 0.194 e. The van der Waals surface area contributed by atoms with Gasteiger partial charge in [-0.1, -0.05) is 38.3 Å². The predicted octanol–water partition coefficient (Wildman–Crippen LogP) is 7.29. The Bertz CT molecular complexity index is 505. The topological polar surface area (TPSA) is 0 Å². The largest absolute Gasteiger partial charge is 0.204 e. The molecule has 0 bridgehead atoms. The summed E-state index contributed by atoms with van der Waals surface area (Å²) in [6, 6.07) is 2.35. The second kappa shape index (κ2) is 9.90. The Labute approximate surface area is 144 Å². The molecule has 0 atom stereocenters. The van der Waals surface area contributed by atoms with Crippen LogP contribution in [0.15, 0.2) is 24.3 Å². The van der Waals surface area contributed by atoms with Crippen molar-refractivity contribution >= 4 is 0 Å². The lowest BCUT2D eigenvalue weighted by atomic mass is 9.77. The summed E-state index contributed by atoms with van der Waals surface area (Å²) in [5.41, 5.74) is 0.617. The number of allylic oxidation sites excluding steroid dienone is 2. The van der Waals surface area contributed by atoms with E-state index in [4.69, 9.17) is 0 Å². The molecule has 24 heavy (non-hydrogen) atoms. The molecule has 0 nitrogen and oxygen atoms in total. The summed E-state index contributed by atoms with van der Waals surface area (Å²) < 4.78 is 39.8. The molecular formula is C21H29F3.